The number of pyridine rings is 1. The third-order valence-electron chi connectivity index (χ3n) is 5.29. The summed E-state index contributed by atoms with van der Waals surface area (Å²) >= 11 is 0. The Morgan fingerprint density at radius 1 is 0.824 bits per heavy atom. The minimum absolute atomic E-state index is 0. The molecule has 0 aliphatic carbocycles. The number of ketones is 1. The topological polar surface area (TPSA) is 73.3 Å². The number of carbonyl (C=O) groups excluding carboxylic acids is 1. The standard InChI is InChI=1S/C27H23N2O4.ClH/c30-27(23-11-13-24(14-12-23)29(31)32)25-9-4-5-10-26(25)33-20-6-17-28-18-15-22(16-19-28)21-7-2-1-3-8-21;/h1-5,7-16,18-19H,6,17,20H2;1H/q+1;/p-1. The van der Waals surface area contributed by atoms with E-state index in [1.807, 2.05) is 36.7 Å². The molecule has 0 amide bonds. The molecule has 6 nitrogen and oxygen atoms in total. The van der Waals surface area contributed by atoms with Gasteiger partial charge in [-0.25, -0.2) is 4.57 Å². The van der Waals surface area contributed by atoms with Crippen LogP contribution in [0.4, 0.5) is 5.69 Å². The van der Waals surface area contributed by atoms with Gasteiger partial charge in [0.2, 0.25) is 0 Å². The average molecular weight is 475 g/mol. The smallest absolute Gasteiger partial charge is 0.269 e. The summed E-state index contributed by atoms with van der Waals surface area (Å²) in [6, 6.07) is 27.1. The Bertz CT molecular complexity index is 1240. The number of halogens is 1. The van der Waals surface area contributed by atoms with Crippen molar-refractivity contribution in [2.45, 2.75) is 13.0 Å². The summed E-state index contributed by atoms with van der Waals surface area (Å²) in [5.41, 5.74) is 3.12. The molecule has 4 aromatic rings. The minimum Gasteiger partial charge on any atom is -1.00 e. The van der Waals surface area contributed by atoms with Crippen molar-refractivity contribution >= 4 is 11.5 Å². The quantitative estimate of drug-likeness (QED) is 0.123. The summed E-state index contributed by atoms with van der Waals surface area (Å²) in [6.45, 7) is 1.24. The molecule has 0 spiro atoms. The van der Waals surface area contributed by atoms with Gasteiger partial charge in [-0.3, -0.25) is 14.9 Å². The molecule has 0 saturated heterocycles. The predicted octanol–water partition coefficient (Wildman–Crippen LogP) is 2.25. The van der Waals surface area contributed by atoms with E-state index >= 15 is 0 Å². The second-order valence-corrected chi connectivity index (χ2v) is 7.52. The fourth-order valence-corrected chi connectivity index (χ4v) is 3.53. The van der Waals surface area contributed by atoms with E-state index in [0.717, 1.165) is 13.0 Å². The number of nitro benzene ring substituents is 1. The van der Waals surface area contributed by atoms with Crippen LogP contribution >= 0.6 is 0 Å². The van der Waals surface area contributed by atoms with E-state index in [1.165, 1.54) is 35.4 Å². The predicted molar refractivity (Wildman–Crippen MR) is 125 cm³/mol. The lowest BCUT2D eigenvalue weighted by molar-refractivity contribution is -0.697. The van der Waals surface area contributed by atoms with Gasteiger partial charge in [0.05, 0.1) is 17.1 Å². The Balaban J connectivity index is 0.00000324. The van der Waals surface area contributed by atoms with Crippen LogP contribution in [0.15, 0.2) is 103 Å². The second kappa shape index (κ2) is 11.7. The maximum Gasteiger partial charge on any atom is 0.269 e. The molecule has 0 fully saturated rings. The van der Waals surface area contributed by atoms with Gasteiger partial charge in [-0.15, -0.1) is 0 Å². The van der Waals surface area contributed by atoms with Crippen LogP contribution in [0.5, 0.6) is 5.75 Å². The fourth-order valence-electron chi connectivity index (χ4n) is 3.53. The summed E-state index contributed by atoms with van der Waals surface area (Å²) in [6.07, 6.45) is 4.87. The fraction of sp³-hybridized carbons (Fsp3) is 0.111. The van der Waals surface area contributed by atoms with Gasteiger partial charge in [-0.05, 0) is 35.4 Å². The minimum atomic E-state index is -0.488. The van der Waals surface area contributed by atoms with Crippen molar-refractivity contribution in [3.63, 3.8) is 0 Å². The van der Waals surface area contributed by atoms with Crippen molar-refractivity contribution in [2.24, 2.45) is 0 Å². The maximum absolute atomic E-state index is 12.9. The Morgan fingerprint density at radius 2 is 1.44 bits per heavy atom. The van der Waals surface area contributed by atoms with Gasteiger partial charge in [-0.2, -0.15) is 0 Å². The lowest BCUT2D eigenvalue weighted by Crippen LogP contribution is -3.00. The number of aryl methyl sites for hydroxylation is 1. The molecule has 1 aromatic heterocycles. The van der Waals surface area contributed by atoms with Gasteiger partial charge < -0.3 is 17.1 Å². The van der Waals surface area contributed by atoms with Gasteiger partial charge in [0.1, 0.15) is 5.75 Å². The molecule has 0 aliphatic rings. The highest BCUT2D eigenvalue weighted by Crippen LogP contribution is 2.23. The van der Waals surface area contributed by atoms with Crippen LogP contribution in [0.2, 0.25) is 0 Å². The number of para-hydroxylation sites is 1. The van der Waals surface area contributed by atoms with Crippen molar-refractivity contribution in [1.29, 1.82) is 0 Å². The SMILES string of the molecule is O=C(c1ccc([N+](=O)[O-])cc1)c1ccccc1OCCC[n+]1ccc(-c2ccccc2)cc1.[Cl-]. The van der Waals surface area contributed by atoms with Gasteiger partial charge in [0, 0.05) is 36.2 Å². The number of non-ortho nitro benzene ring substituents is 1. The average Bonchev–Trinajstić information content (AvgIpc) is 2.87. The molecular formula is C27H23ClN2O4. The number of hydrogen-bond acceptors (Lipinski definition) is 4. The Labute approximate surface area is 204 Å². The third-order valence-corrected chi connectivity index (χ3v) is 5.29. The highest BCUT2D eigenvalue weighted by molar-refractivity contribution is 6.10. The van der Waals surface area contributed by atoms with Gasteiger partial charge in [0.15, 0.2) is 24.7 Å². The molecule has 0 radical (unpaired) electrons. The first-order valence-electron chi connectivity index (χ1n) is 10.7. The largest absolute Gasteiger partial charge is 1.00 e. The molecule has 0 unspecified atom stereocenters. The number of nitro groups is 1. The number of nitrogens with zero attached hydrogens (tertiary/aromatic N) is 2. The number of aromatic nitrogens is 1. The molecule has 3 aromatic carbocycles. The van der Waals surface area contributed by atoms with Crippen LogP contribution in [0.1, 0.15) is 22.3 Å². The zero-order valence-electron chi connectivity index (χ0n) is 18.3. The molecule has 0 N–H and O–H groups in total. The van der Waals surface area contributed by atoms with Gasteiger partial charge >= 0.3 is 0 Å². The molecule has 34 heavy (non-hydrogen) atoms. The van der Waals surface area contributed by atoms with E-state index in [-0.39, 0.29) is 23.9 Å². The van der Waals surface area contributed by atoms with Crippen LogP contribution in [-0.4, -0.2) is 17.3 Å². The number of benzene rings is 3. The van der Waals surface area contributed by atoms with Crippen LogP contribution in [0.25, 0.3) is 11.1 Å². The highest BCUT2D eigenvalue weighted by atomic mass is 35.5. The molecule has 7 heteroatoms. The summed E-state index contributed by atoms with van der Waals surface area (Å²) in [5, 5.41) is 10.8. The Hall–Kier alpha value is -4.03. The lowest BCUT2D eigenvalue weighted by atomic mass is 10.0. The van der Waals surface area contributed by atoms with Crippen LogP contribution in [0, 0.1) is 10.1 Å². The number of rotatable bonds is 9. The van der Waals surface area contributed by atoms with E-state index in [4.69, 9.17) is 4.74 Å². The maximum atomic E-state index is 12.9. The first-order valence-corrected chi connectivity index (χ1v) is 10.7. The Morgan fingerprint density at radius 3 is 2.12 bits per heavy atom. The molecule has 0 atom stereocenters. The molecule has 4 rings (SSSR count). The van der Waals surface area contributed by atoms with Crippen LogP contribution in [-0.2, 0) is 6.54 Å². The summed E-state index contributed by atoms with van der Waals surface area (Å²) < 4.78 is 8.02. The molecule has 0 bridgehead atoms. The van der Waals surface area contributed by atoms with Crippen LogP contribution in [0.3, 0.4) is 0 Å². The number of carbonyl (C=O) groups is 1. The third kappa shape index (κ3) is 6.05. The monoisotopic (exact) mass is 474 g/mol. The molecule has 0 aliphatic heterocycles. The van der Waals surface area contributed by atoms with Crippen molar-refractivity contribution in [3.8, 4) is 16.9 Å². The summed E-state index contributed by atoms with van der Waals surface area (Å²) in [4.78, 5) is 23.2. The zero-order chi connectivity index (χ0) is 23.0. The molecule has 172 valence electrons. The normalized spacial score (nSPS) is 10.2. The van der Waals surface area contributed by atoms with Crippen molar-refractivity contribution in [1.82, 2.24) is 0 Å². The Kier molecular flexibility index (Phi) is 8.48. The first kappa shape index (κ1) is 24.6. The zero-order valence-corrected chi connectivity index (χ0v) is 19.1. The second-order valence-electron chi connectivity index (χ2n) is 7.52. The number of ether oxygens (including phenoxy) is 1. The molecule has 1 heterocycles. The molecular weight excluding hydrogens is 452 g/mol. The van der Waals surface area contributed by atoms with E-state index in [1.54, 1.807) is 18.2 Å². The van der Waals surface area contributed by atoms with E-state index in [2.05, 4.69) is 28.8 Å². The van der Waals surface area contributed by atoms with Crippen molar-refractivity contribution in [3.05, 3.63) is 125 Å². The summed E-state index contributed by atoms with van der Waals surface area (Å²) in [7, 11) is 0. The lowest BCUT2D eigenvalue weighted by Gasteiger charge is -2.10. The van der Waals surface area contributed by atoms with E-state index < -0.39 is 4.92 Å². The first-order chi connectivity index (χ1) is 16.1. The summed E-state index contributed by atoms with van der Waals surface area (Å²) in [5.74, 6) is 0.275. The van der Waals surface area contributed by atoms with Crippen molar-refractivity contribution < 1.29 is 31.4 Å². The van der Waals surface area contributed by atoms with E-state index in [9.17, 15) is 14.9 Å². The number of hydrogen-bond donors (Lipinski definition) is 0. The van der Waals surface area contributed by atoms with Gasteiger partial charge in [0.25, 0.3) is 5.69 Å². The van der Waals surface area contributed by atoms with Crippen molar-refractivity contribution in [2.75, 3.05) is 6.61 Å². The van der Waals surface area contributed by atoms with Crippen LogP contribution < -0.4 is 21.7 Å². The molecule has 0 saturated carbocycles. The highest BCUT2D eigenvalue weighted by Gasteiger charge is 2.16. The van der Waals surface area contributed by atoms with Gasteiger partial charge in [-0.1, -0.05) is 42.5 Å². The van der Waals surface area contributed by atoms with E-state index in [0.29, 0.717) is 23.5 Å².